The summed E-state index contributed by atoms with van der Waals surface area (Å²) in [6.07, 6.45) is -3.15. The van der Waals surface area contributed by atoms with E-state index in [1.165, 1.54) is 12.1 Å². The van der Waals surface area contributed by atoms with Crippen molar-refractivity contribution < 1.29 is 13.2 Å². The van der Waals surface area contributed by atoms with Gasteiger partial charge in [0.2, 0.25) is 0 Å². The molecular formula is C15H19F3N2S. The normalized spacial score (nSPS) is 19.0. The molecule has 0 fully saturated rings. The molecule has 116 valence electrons. The maximum absolute atomic E-state index is 12.5. The van der Waals surface area contributed by atoms with E-state index in [1.54, 1.807) is 11.8 Å². The number of hydrogen-bond donors (Lipinski definition) is 1. The Morgan fingerprint density at radius 3 is 2.52 bits per heavy atom. The number of nitrogens with one attached hydrogen (secondary N) is 1. The Morgan fingerprint density at radius 2 is 1.95 bits per heavy atom. The zero-order valence-electron chi connectivity index (χ0n) is 12.1. The first kappa shape index (κ1) is 16.2. The predicted molar refractivity (Wildman–Crippen MR) is 81.4 cm³/mol. The lowest BCUT2D eigenvalue weighted by Gasteiger charge is -2.11. The van der Waals surface area contributed by atoms with Gasteiger partial charge in [-0.3, -0.25) is 4.99 Å². The Morgan fingerprint density at radius 1 is 1.29 bits per heavy atom. The maximum Gasteiger partial charge on any atom is 0.416 e. The van der Waals surface area contributed by atoms with Crippen LogP contribution in [0.4, 0.5) is 13.2 Å². The van der Waals surface area contributed by atoms with Crippen LogP contribution >= 0.6 is 11.8 Å². The Bertz CT molecular complexity index is 495. The van der Waals surface area contributed by atoms with Gasteiger partial charge in [-0.05, 0) is 30.0 Å². The molecule has 0 radical (unpaired) electrons. The van der Waals surface area contributed by atoms with Crippen LogP contribution < -0.4 is 5.32 Å². The van der Waals surface area contributed by atoms with Crippen LogP contribution in [0, 0.1) is 5.92 Å². The van der Waals surface area contributed by atoms with Crippen molar-refractivity contribution in [3.63, 3.8) is 0 Å². The summed E-state index contributed by atoms with van der Waals surface area (Å²) in [5, 5.41) is 4.59. The third-order valence-electron chi connectivity index (χ3n) is 3.18. The van der Waals surface area contributed by atoms with Crippen LogP contribution in [0.15, 0.2) is 29.3 Å². The zero-order valence-corrected chi connectivity index (χ0v) is 12.9. The lowest BCUT2D eigenvalue weighted by atomic mass is 10.1. The molecule has 1 aromatic carbocycles. The van der Waals surface area contributed by atoms with Crippen LogP contribution in [0.3, 0.4) is 0 Å². The van der Waals surface area contributed by atoms with Gasteiger partial charge in [0, 0.05) is 11.8 Å². The van der Waals surface area contributed by atoms with Crippen molar-refractivity contribution in [3.05, 3.63) is 35.4 Å². The van der Waals surface area contributed by atoms with Crippen molar-refractivity contribution in [2.24, 2.45) is 10.9 Å². The average Bonchev–Trinajstić information content (AvgIpc) is 2.82. The molecule has 1 heterocycles. The predicted octanol–water partition coefficient (Wildman–Crippen LogP) is 4.31. The van der Waals surface area contributed by atoms with Crippen molar-refractivity contribution in [2.45, 2.75) is 38.2 Å². The first-order chi connectivity index (χ1) is 9.84. The number of thioether (sulfide) groups is 1. The van der Waals surface area contributed by atoms with Gasteiger partial charge in [-0.25, -0.2) is 0 Å². The van der Waals surface area contributed by atoms with E-state index in [0.717, 1.165) is 35.8 Å². The van der Waals surface area contributed by atoms with Crippen LogP contribution in [0.2, 0.25) is 0 Å². The highest BCUT2D eigenvalue weighted by atomic mass is 32.2. The number of nitrogens with zero attached hydrogens (tertiary/aromatic N) is 1. The second-order valence-corrected chi connectivity index (χ2v) is 6.85. The summed E-state index contributed by atoms with van der Waals surface area (Å²) in [5.41, 5.74) is 0.203. The molecule has 0 amide bonds. The third kappa shape index (κ3) is 4.95. The van der Waals surface area contributed by atoms with Crippen LogP contribution in [-0.2, 0) is 12.7 Å². The zero-order chi connectivity index (χ0) is 15.5. The van der Waals surface area contributed by atoms with E-state index in [4.69, 9.17) is 0 Å². The molecule has 1 unspecified atom stereocenters. The van der Waals surface area contributed by atoms with Crippen molar-refractivity contribution in [2.75, 3.05) is 6.54 Å². The SMILES string of the molecule is CC(C)CC1CN=C(NCc2ccc(C(F)(F)F)cc2)S1. The maximum atomic E-state index is 12.5. The molecule has 2 nitrogen and oxygen atoms in total. The van der Waals surface area contributed by atoms with Crippen LogP contribution in [-0.4, -0.2) is 17.0 Å². The van der Waals surface area contributed by atoms with Gasteiger partial charge >= 0.3 is 6.18 Å². The summed E-state index contributed by atoms with van der Waals surface area (Å²) in [6, 6.07) is 5.23. The summed E-state index contributed by atoms with van der Waals surface area (Å²) >= 11 is 1.72. The lowest BCUT2D eigenvalue weighted by molar-refractivity contribution is -0.137. The highest BCUT2D eigenvalue weighted by molar-refractivity contribution is 8.14. The monoisotopic (exact) mass is 316 g/mol. The first-order valence-corrected chi connectivity index (χ1v) is 7.83. The lowest BCUT2D eigenvalue weighted by Crippen LogP contribution is -2.19. The van der Waals surface area contributed by atoms with E-state index in [2.05, 4.69) is 24.2 Å². The fraction of sp³-hybridized carbons (Fsp3) is 0.533. The molecule has 1 atom stereocenters. The van der Waals surface area contributed by atoms with E-state index in [1.807, 2.05) is 0 Å². The molecule has 0 saturated heterocycles. The minimum Gasteiger partial charge on any atom is -0.361 e. The van der Waals surface area contributed by atoms with E-state index in [0.29, 0.717) is 17.7 Å². The fourth-order valence-corrected chi connectivity index (χ4v) is 3.40. The number of halogens is 3. The highest BCUT2D eigenvalue weighted by Gasteiger charge is 2.29. The molecule has 2 rings (SSSR count). The van der Waals surface area contributed by atoms with Crippen molar-refractivity contribution in [1.82, 2.24) is 5.32 Å². The molecule has 0 saturated carbocycles. The third-order valence-corrected chi connectivity index (χ3v) is 4.35. The van der Waals surface area contributed by atoms with Crippen LogP contribution in [0.1, 0.15) is 31.4 Å². The summed E-state index contributed by atoms with van der Waals surface area (Å²) in [5.74, 6) is 0.645. The molecular weight excluding hydrogens is 297 g/mol. The van der Waals surface area contributed by atoms with E-state index in [9.17, 15) is 13.2 Å². The number of hydrogen-bond acceptors (Lipinski definition) is 3. The minimum absolute atomic E-state index is 0.498. The standard InChI is InChI=1S/C15H19F3N2S/c1-10(2)7-13-9-20-14(21-13)19-8-11-3-5-12(6-4-11)15(16,17)18/h3-6,10,13H,7-9H2,1-2H3,(H,19,20). The first-order valence-electron chi connectivity index (χ1n) is 6.95. The minimum atomic E-state index is -4.28. The van der Waals surface area contributed by atoms with E-state index in [-0.39, 0.29) is 0 Å². The second kappa shape index (κ2) is 6.73. The summed E-state index contributed by atoms with van der Waals surface area (Å²) in [7, 11) is 0. The Kier molecular flexibility index (Phi) is 5.19. The number of benzene rings is 1. The van der Waals surface area contributed by atoms with Crippen molar-refractivity contribution in [1.29, 1.82) is 0 Å². The number of aliphatic imine (C=N–C) groups is 1. The molecule has 21 heavy (non-hydrogen) atoms. The van der Waals surface area contributed by atoms with E-state index < -0.39 is 11.7 Å². The van der Waals surface area contributed by atoms with E-state index >= 15 is 0 Å². The Labute approximate surface area is 127 Å². The quantitative estimate of drug-likeness (QED) is 0.895. The molecule has 1 aromatic rings. The molecule has 0 bridgehead atoms. The molecule has 0 spiro atoms. The molecule has 1 N–H and O–H groups in total. The fourth-order valence-electron chi connectivity index (χ4n) is 2.15. The molecule has 0 aliphatic carbocycles. The van der Waals surface area contributed by atoms with Gasteiger partial charge in [-0.15, -0.1) is 0 Å². The largest absolute Gasteiger partial charge is 0.416 e. The van der Waals surface area contributed by atoms with Crippen molar-refractivity contribution in [3.8, 4) is 0 Å². The summed E-state index contributed by atoms with van der Waals surface area (Å²) < 4.78 is 37.4. The topological polar surface area (TPSA) is 24.4 Å². The van der Waals surface area contributed by atoms with Gasteiger partial charge in [-0.1, -0.05) is 37.7 Å². The van der Waals surface area contributed by atoms with Crippen LogP contribution in [0.25, 0.3) is 0 Å². The van der Waals surface area contributed by atoms with Gasteiger partial charge in [0.15, 0.2) is 5.17 Å². The molecule has 0 aromatic heterocycles. The smallest absolute Gasteiger partial charge is 0.361 e. The summed E-state index contributed by atoms with van der Waals surface area (Å²) in [4.78, 5) is 4.43. The van der Waals surface area contributed by atoms with Gasteiger partial charge in [0.25, 0.3) is 0 Å². The van der Waals surface area contributed by atoms with Gasteiger partial charge in [0.1, 0.15) is 0 Å². The summed E-state index contributed by atoms with van der Waals surface area (Å²) in [6.45, 7) is 5.69. The van der Waals surface area contributed by atoms with Gasteiger partial charge in [0.05, 0.1) is 12.1 Å². The molecule has 6 heteroatoms. The molecule has 1 aliphatic rings. The number of alkyl halides is 3. The van der Waals surface area contributed by atoms with Crippen molar-refractivity contribution >= 4 is 16.9 Å². The van der Waals surface area contributed by atoms with Gasteiger partial charge in [-0.2, -0.15) is 13.2 Å². The van der Waals surface area contributed by atoms with Gasteiger partial charge < -0.3 is 5.32 Å². The number of rotatable bonds is 4. The second-order valence-electron chi connectivity index (χ2n) is 5.56. The Hall–Kier alpha value is -1.17. The molecule has 1 aliphatic heterocycles. The Balaban J connectivity index is 1.82. The number of amidine groups is 1. The van der Waals surface area contributed by atoms with Crippen LogP contribution in [0.5, 0.6) is 0 Å². The highest BCUT2D eigenvalue weighted by Crippen LogP contribution is 2.29. The average molecular weight is 316 g/mol.